The lowest BCUT2D eigenvalue weighted by atomic mass is 10.1. The number of rotatable bonds is 3. The van der Waals surface area contributed by atoms with Crippen LogP contribution < -0.4 is 10.2 Å². The normalized spacial score (nSPS) is 16.0. The molecule has 2 aromatic carbocycles. The molecule has 3 rings (SSSR count). The molecule has 1 N–H and O–H groups in total. The first kappa shape index (κ1) is 15.5. The molecule has 0 unspecified atom stereocenters. The van der Waals surface area contributed by atoms with E-state index in [9.17, 15) is 8.78 Å². The van der Waals surface area contributed by atoms with Gasteiger partial charge in [0, 0.05) is 11.8 Å². The van der Waals surface area contributed by atoms with Crippen molar-refractivity contribution in [3.63, 3.8) is 0 Å². The van der Waals surface area contributed by atoms with E-state index in [1.807, 2.05) is 18.2 Å². The Labute approximate surface area is 136 Å². The van der Waals surface area contributed by atoms with Crippen LogP contribution in [0.3, 0.4) is 0 Å². The molecule has 118 valence electrons. The van der Waals surface area contributed by atoms with Crippen molar-refractivity contribution in [1.82, 2.24) is 5.43 Å². The van der Waals surface area contributed by atoms with Gasteiger partial charge in [-0.25, -0.2) is 13.8 Å². The lowest BCUT2D eigenvalue weighted by Gasteiger charge is -2.15. The van der Waals surface area contributed by atoms with Crippen molar-refractivity contribution >= 4 is 28.3 Å². The van der Waals surface area contributed by atoms with Crippen molar-refractivity contribution in [1.29, 1.82) is 0 Å². The molecule has 1 heterocycles. The van der Waals surface area contributed by atoms with Crippen LogP contribution in [0.5, 0.6) is 5.75 Å². The highest BCUT2D eigenvalue weighted by Gasteiger charge is 2.19. The Morgan fingerprint density at radius 3 is 2.57 bits per heavy atom. The van der Waals surface area contributed by atoms with Gasteiger partial charge in [-0.15, -0.1) is 0 Å². The average Bonchev–Trinajstić information content (AvgIpc) is 2.56. The van der Waals surface area contributed by atoms with Crippen LogP contribution in [-0.4, -0.2) is 23.7 Å². The number of ether oxygens (including phenoxy) is 1. The van der Waals surface area contributed by atoms with Gasteiger partial charge in [-0.2, -0.15) is 5.10 Å². The Morgan fingerprint density at radius 1 is 1.17 bits per heavy atom. The molecule has 0 saturated heterocycles. The van der Waals surface area contributed by atoms with Gasteiger partial charge in [0.2, 0.25) is 0 Å². The maximum absolute atomic E-state index is 13.8. The Kier molecular flexibility index (Phi) is 4.57. The standard InChI is InChI=1S/C16H13F2N3OS/c1-22-11-5-2-4-10(8-11)19-16-21-20-14(9-23-16)15-12(17)6-3-7-13(15)18/h2-8H,9H2,1H3,(H,19,21). The third-order valence-electron chi connectivity index (χ3n) is 3.17. The molecule has 0 spiro atoms. The molecule has 0 saturated carbocycles. The predicted octanol–water partition coefficient (Wildman–Crippen LogP) is 3.70. The van der Waals surface area contributed by atoms with Gasteiger partial charge >= 0.3 is 0 Å². The minimum Gasteiger partial charge on any atom is -0.497 e. The van der Waals surface area contributed by atoms with Gasteiger partial charge < -0.3 is 4.74 Å². The van der Waals surface area contributed by atoms with E-state index in [1.54, 1.807) is 13.2 Å². The van der Waals surface area contributed by atoms with Crippen molar-refractivity contribution in [2.75, 3.05) is 12.9 Å². The topological polar surface area (TPSA) is 46.0 Å². The van der Waals surface area contributed by atoms with E-state index in [-0.39, 0.29) is 5.56 Å². The molecule has 0 atom stereocenters. The molecular formula is C16H13F2N3OS. The van der Waals surface area contributed by atoms with Crippen molar-refractivity contribution < 1.29 is 13.5 Å². The summed E-state index contributed by atoms with van der Waals surface area (Å²) in [5.74, 6) is -0.225. The van der Waals surface area contributed by atoms with E-state index in [1.165, 1.54) is 30.0 Å². The minimum absolute atomic E-state index is 0.104. The summed E-state index contributed by atoms with van der Waals surface area (Å²) in [7, 11) is 1.58. The lowest BCUT2D eigenvalue weighted by molar-refractivity contribution is 0.415. The monoisotopic (exact) mass is 333 g/mol. The maximum Gasteiger partial charge on any atom is 0.182 e. The Bertz CT molecular complexity index is 772. The fourth-order valence-electron chi connectivity index (χ4n) is 2.07. The molecule has 0 fully saturated rings. The van der Waals surface area contributed by atoms with E-state index >= 15 is 0 Å². The number of hydrogen-bond donors (Lipinski definition) is 1. The largest absolute Gasteiger partial charge is 0.497 e. The average molecular weight is 333 g/mol. The number of methoxy groups -OCH3 is 1. The van der Waals surface area contributed by atoms with Gasteiger partial charge in [0.05, 0.1) is 24.1 Å². The highest BCUT2D eigenvalue weighted by molar-refractivity contribution is 8.14. The summed E-state index contributed by atoms with van der Waals surface area (Å²) in [5.41, 5.74) is 3.65. The predicted molar refractivity (Wildman–Crippen MR) is 88.6 cm³/mol. The third-order valence-corrected chi connectivity index (χ3v) is 4.04. The zero-order valence-electron chi connectivity index (χ0n) is 12.2. The molecule has 0 bridgehead atoms. The summed E-state index contributed by atoms with van der Waals surface area (Å²) in [6, 6.07) is 11.0. The van der Waals surface area contributed by atoms with Crippen LogP contribution in [0, 0.1) is 11.6 Å². The number of amidine groups is 1. The van der Waals surface area contributed by atoms with E-state index in [0.29, 0.717) is 28.1 Å². The first-order chi connectivity index (χ1) is 11.2. The summed E-state index contributed by atoms with van der Waals surface area (Å²) < 4.78 is 32.7. The van der Waals surface area contributed by atoms with Crippen LogP contribution in [0.2, 0.25) is 0 Å². The quantitative estimate of drug-likeness (QED) is 0.931. The minimum atomic E-state index is -0.626. The number of nitrogens with zero attached hydrogens (tertiary/aromatic N) is 2. The highest BCUT2D eigenvalue weighted by Crippen LogP contribution is 2.23. The van der Waals surface area contributed by atoms with Gasteiger partial charge in [0.25, 0.3) is 0 Å². The molecule has 1 aliphatic heterocycles. The Balaban J connectivity index is 1.81. The number of hydrazone groups is 1. The van der Waals surface area contributed by atoms with Crippen molar-refractivity contribution in [3.8, 4) is 5.75 Å². The second kappa shape index (κ2) is 6.78. The van der Waals surface area contributed by atoms with Gasteiger partial charge in [-0.1, -0.05) is 23.9 Å². The Hall–Kier alpha value is -2.41. The van der Waals surface area contributed by atoms with Crippen molar-refractivity contribution in [2.24, 2.45) is 10.1 Å². The number of nitrogens with one attached hydrogen (secondary N) is 1. The summed E-state index contributed by atoms with van der Waals surface area (Å²) in [4.78, 5) is 4.39. The second-order valence-electron chi connectivity index (χ2n) is 4.67. The molecule has 7 heteroatoms. The number of thioether (sulfide) groups is 1. The summed E-state index contributed by atoms with van der Waals surface area (Å²) in [6.45, 7) is 0. The molecular weight excluding hydrogens is 320 g/mol. The van der Waals surface area contributed by atoms with Crippen LogP contribution in [0.25, 0.3) is 0 Å². The Morgan fingerprint density at radius 2 is 1.91 bits per heavy atom. The van der Waals surface area contributed by atoms with E-state index in [2.05, 4.69) is 15.5 Å². The van der Waals surface area contributed by atoms with Gasteiger partial charge in [0.1, 0.15) is 17.4 Å². The molecule has 1 aliphatic rings. The second-order valence-corrected chi connectivity index (χ2v) is 5.64. The van der Waals surface area contributed by atoms with Crippen molar-refractivity contribution in [2.45, 2.75) is 0 Å². The molecule has 2 aromatic rings. The smallest absolute Gasteiger partial charge is 0.182 e. The first-order valence-electron chi connectivity index (χ1n) is 6.80. The number of benzene rings is 2. The summed E-state index contributed by atoms with van der Waals surface area (Å²) in [6.07, 6.45) is 0. The number of aliphatic imine (C=N–C) groups is 1. The number of hydrogen-bond acceptors (Lipinski definition) is 4. The number of halogens is 2. The zero-order chi connectivity index (χ0) is 16.2. The summed E-state index contributed by atoms with van der Waals surface area (Å²) >= 11 is 1.33. The van der Waals surface area contributed by atoms with E-state index in [4.69, 9.17) is 4.74 Å². The first-order valence-corrected chi connectivity index (χ1v) is 7.78. The van der Waals surface area contributed by atoms with Gasteiger partial charge in [-0.05, 0) is 24.3 Å². The molecule has 0 radical (unpaired) electrons. The van der Waals surface area contributed by atoms with Gasteiger partial charge in [0.15, 0.2) is 5.17 Å². The van der Waals surface area contributed by atoms with Crippen LogP contribution in [0.15, 0.2) is 52.6 Å². The van der Waals surface area contributed by atoms with E-state index < -0.39 is 11.6 Å². The third kappa shape index (κ3) is 3.50. The molecule has 0 aliphatic carbocycles. The zero-order valence-corrected chi connectivity index (χ0v) is 13.0. The fraction of sp³-hybridized carbons (Fsp3) is 0.125. The van der Waals surface area contributed by atoms with Crippen LogP contribution in [0.1, 0.15) is 5.56 Å². The lowest BCUT2D eigenvalue weighted by Crippen LogP contribution is -2.26. The van der Waals surface area contributed by atoms with Gasteiger partial charge in [-0.3, -0.25) is 5.43 Å². The van der Waals surface area contributed by atoms with Crippen LogP contribution in [0.4, 0.5) is 14.5 Å². The van der Waals surface area contributed by atoms with Crippen molar-refractivity contribution in [3.05, 3.63) is 59.7 Å². The van der Waals surface area contributed by atoms with E-state index in [0.717, 1.165) is 0 Å². The molecule has 0 aromatic heterocycles. The maximum atomic E-state index is 13.8. The van der Waals surface area contributed by atoms with Crippen LogP contribution >= 0.6 is 11.8 Å². The van der Waals surface area contributed by atoms with Crippen LogP contribution in [-0.2, 0) is 0 Å². The summed E-state index contributed by atoms with van der Waals surface area (Å²) in [5, 5.41) is 4.60. The fourth-order valence-corrected chi connectivity index (χ4v) is 2.84. The SMILES string of the molecule is COc1cccc(N=C2NN=C(c3c(F)cccc3F)CS2)c1. The molecule has 23 heavy (non-hydrogen) atoms. The highest BCUT2D eigenvalue weighted by atomic mass is 32.2. The molecule has 4 nitrogen and oxygen atoms in total. The molecule has 0 amide bonds.